The fraction of sp³-hybridized carbons (Fsp3) is 0.471. The fourth-order valence-electron chi connectivity index (χ4n) is 2.83. The van der Waals surface area contributed by atoms with Crippen LogP contribution in [-0.2, 0) is 4.79 Å². The molecule has 2 rings (SSSR count). The minimum Gasteiger partial charge on any atom is -0.340 e. The van der Waals surface area contributed by atoms with E-state index in [9.17, 15) is 4.79 Å². The molecule has 4 heteroatoms. The van der Waals surface area contributed by atoms with Gasteiger partial charge < -0.3 is 10.2 Å². The van der Waals surface area contributed by atoms with E-state index < -0.39 is 0 Å². The van der Waals surface area contributed by atoms with Crippen LogP contribution in [0.25, 0.3) is 0 Å². The van der Waals surface area contributed by atoms with E-state index in [0.29, 0.717) is 12.6 Å². The second-order valence-electron chi connectivity index (χ2n) is 5.67. The summed E-state index contributed by atoms with van der Waals surface area (Å²) in [7, 11) is 1.84. The Labute approximate surface area is 127 Å². The molecule has 1 aliphatic rings. The molecule has 21 heavy (non-hydrogen) atoms. The van der Waals surface area contributed by atoms with Gasteiger partial charge in [0.1, 0.15) is 6.04 Å². The summed E-state index contributed by atoms with van der Waals surface area (Å²) in [4.78, 5) is 16.9. The van der Waals surface area contributed by atoms with Crippen LogP contribution in [0.5, 0.6) is 0 Å². The summed E-state index contributed by atoms with van der Waals surface area (Å²) in [5, 5.41) is 3.43. The third kappa shape index (κ3) is 3.93. The molecule has 0 spiro atoms. The Bertz CT molecular complexity index is 474. The first-order valence-corrected chi connectivity index (χ1v) is 7.51. The molecule has 4 nitrogen and oxygen atoms in total. The summed E-state index contributed by atoms with van der Waals surface area (Å²) >= 11 is 0. The quantitative estimate of drug-likeness (QED) is 0.837. The van der Waals surface area contributed by atoms with Crippen molar-refractivity contribution in [2.75, 3.05) is 33.2 Å². The fourth-order valence-corrected chi connectivity index (χ4v) is 2.83. The number of amides is 1. The number of carbonyl (C=O) groups is 1. The van der Waals surface area contributed by atoms with Crippen molar-refractivity contribution in [3.05, 3.63) is 48.6 Å². The van der Waals surface area contributed by atoms with E-state index in [1.165, 1.54) is 0 Å². The summed E-state index contributed by atoms with van der Waals surface area (Å²) < 4.78 is 0. The monoisotopic (exact) mass is 287 g/mol. The number of likely N-dealkylation sites (N-methyl/N-ethyl adjacent to an activating group) is 1. The summed E-state index contributed by atoms with van der Waals surface area (Å²) in [6.45, 7) is 9.14. The molecule has 0 saturated carbocycles. The minimum atomic E-state index is -0.208. The molecular weight excluding hydrogens is 262 g/mol. The first kappa shape index (κ1) is 15.7. The van der Waals surface area contributed by atoms with Crippen LogP contribution < -0.4 is 5.32 Å². The maximum absolute atomic E-state index is 12.9. The van der Waals surface area contributed by atoms with Crippen LogP contribution in [0.4, 0.5) is 0 Å². The maximum Gasteiger partial charge on any atom is 0.244 e. The molecular formula is C17H25N3O. The normalized spacial score (nSPS) is 20.8. The summed E-state index contributed by atoms with van der Waals surface area (Å²) in [6, 6.07) is 10.2. The molecule has 1 N–H and O–H groups in total. The average Bonchev–Trinajstić information content (AvgIpc) is 2.49. The SMILES string of the molecule is C=CCN(C)C(=O)[C@H](c1ccccc1)N1CCN[C@H](C)C1. The number of piperazine rings is 1. The lowest BCUT2D eigenvalue weighted by atomic mass is 10.0. The van der Waals surface area contributed by atoms with Crippen LogP contribution in [0.2, 0.25) is 0 Å². The Kier molecular flexibility index (Phi) is 5.53. The molecule has 1 aromatic carbocycles. The molecule has 0 aliphatic carbocycles. The van der Waals surface area contributed by atoms with Gasteiger partial charge in [-0.15, -0.1) is 6.58 Å². The molecule has 0 aromatic heterocycles. The van der Waals surface area contributed by atoms with Crippen molar-refractivity contribution in [3.8, 4) is 0 Å². The van der Waals surface area contributed by atoms with Gasteiger partial charge in [-0.1, -0.05) is 36.4 Å². The van der Waals surface area contributed by atoms with Crippen molar-refractivity contribution in [3.63, 3.8) is 0 Å². The number of rotatable bonds is 5. The van der Waals surface area contributed by atoms with Gasteiger partial charge in [0.05, 0.1) is 0 Å². The van der Waals surface area contributed by atoms with Crippen molar-refractivity contribution in [1.29, 1.82) is 0 Å². The van der Waals surface area contributed by atoms with Gasteiger partial charge in [0.15, 0.2) is 0 Å². The number of carbonyl (C=O) groups excluding carboxylic acids is 1. The summed E-state index contributed by atoms with van der Waals surface area (Å²) in [5.41, 5.74) is 1.06. The highest BCUT2D eigenvalue weighted by molar-refractivity contribution is 5.83. The Morgan fingerprint density at radius 3 is 2.86 bits per heavy atom. The zero-order valence-electron chi connectivity index (χ0n) is 13.0. The largest absolute Gasteiger partial charge is 0.340 e. The third-order valence-corrected chi connectivity index (χ3v) is 3.89. The Morgan fingerprint density at radius 1 is 1.52 bits per heavy atom. The summed E-state index contributed by atoms with van der Waals surface area (Å²) in [5.74, 6) is 0.134. The van der Waals surface area contributed by atoms with Crippen LogP contribution in [0, 0.1) is 0 Å². The zero-order valence-corrected chi connectivity index (χ0v) is 13.0. The topological polar surface area (TPSA) is 35.6 Å². The molecule has 114 valence electrons. The van der Waals surface area contributed by atoms with E-state index in [1.54, 1.807) is 11.0 Å². The molecule has 1 heterocycles. The molecule has 1 saturated heterocycles. The number of nitrogens with zero attached hydrogens (tertiary/aromatic N) is 2. The van der Waals surface area contributed by atoms with Gasteiger partial charge >= 0.3 is 0 Å². The van der Waals surface area contributed by atoms with Crippen molar-refractivity contribution in [2.24, 2.45) is 0 Å². The van der Waals surface area contributed by atoms with Gasteiger partial charge in [-0.25, -0.2) is 0 Å². The van der Waals surface area contributed by atoms with E-state index in [4.69, 9.17) is 0 Å². The molecule has 0 unspecified atom stereocenters. The standard InChI is InChI=1S/C17H25N3O/c1-4-11-19(3)17(21)16(15-8-6-5-7-9-15)20-12-10-18-14(2)13-20/h4-9,14,16,18H,1,10-13H2,2-3H3/t14-,16+/m1/s1. The lowest BCUT2D eigenvalue weighted by Crippen LogP contribution is -2.53. The van der Waals surface area contributed by atoms with Gasteiger partial charge in [0, 0.05) is 39.3 Å². The second-order valence-corrected chi connectivity index (χ2v) is 5.67. The maximum atomic E-state index is 12.9. The van der Waals surface area contributed by atoms with Crippen LogP contribution in [-0.4, -0.2) is 55.0 Å². The van der Waals surface area contributed by atoms with Crippen molar-refractivity contribution < 1.29 is 4.79 Å². The first-order chi connectivity index (χ1) is 10.1. The Morgan fingerprint density at radius 2 is 2.24 bits per heavy atom. The lowest BCUT2D eigenvalue weighted by Gasteiger charge is -2.38. The van der Waals surface area contributed by atoms with E-state index in [2.05, 4.69) is 23.7 Å². The Balaban J connectivity index is 2.26. The first-order valence-electron chi connectivity index (χ1n) is 7.51. The molecule has 1 aliphatic heterocycles. The highest BCUT2D eigenvalue weighted by Gasteiger charge is 2.31. The third-order valence-electron chi connectivity index (χ3n) is 3.89. The highest BCUT2D eigenvalue weighted by atomic mass is 16.2. The molecule has 1 fully saturated rings. The Hall–Kier alpha value is -1.65. The summed E-state index contributed by atoms with van der Waals surface area (Å²) in [6.07, 6.45) is 1.76. The highest BCUT2D eigenvalue weighted by Crippen LogP contribution is 2.24. The molecule has 0 radical (unpaired) electrons. The minimum absolute atomic E-state index is 0.134. The number of hydrogen-bond acceptors (Lipinski definition) is 3. The predicted octanol–water partition coefficient (Wildman–Crippen LogP) is 1.67. The van der Waals surface area contributed by atoms with Gasteiger partial charge in [-0.05, 0) is 12.5 Å². The van der Waals surface area contributed by atoms with Gasteiger partial charge in [0.2, 0.25) is 5.91 Å². The van der Waals surface area contributed by atoms with E-state index in [1.807, 2.05) is 37.4 Å². The smallest absolute Gasteiger partial charge is 0.244 e. The number of hydrogen-bond donors (Lipinski definition) is 1. The number of benzene rings is 1. The van der Waals surface area contributed by atoms with Crippen LogP contribution in [0.15, 0.2) is 43.0 Å². The van der Waals surface area contributed by atoms with Gasteiger partial charge in [0.25, 0.3) is 0 Å². The van der Waals surface area contributed by atoms with Crippen molar-refractivity contribution in [1.82, 2.24) is 15.1 Å². The van der Waals surface area contributed by atoms with Crippen LogP contribution >= 0.6 is 0 Å². The predicted molar refractivity (Wildman–Crippen MR) is 86.1 cm³/mol. The van der Waals surface area contributed by atoms with Crippen molar-refractivity contribution in [2.45, 2.75) is 19.0 Å². The van der Waals surface area contributed by atoms with E-state index in [-0.39, 0.29) is 11.9 Å². The average molecular weight is 287 g/mol. The zero-order chi connectivity index (χ0) is 15.2. The van der Waals surface area contributed by atoms with Crippen LogP contribution in [0.3, 0.4) is 0 Å². The number of nitrogens with one attached hydrogen (secondary N) is 1. The van der Waals surface area contributed by atoms with E-state index in [0.717, 1.165) is 25.2 Å². The molecule has 2 atom stereocenters. The molecule has 1 amide bonds. The van der Waals surface area contributed by atoms with Crippen molar-refractivity contribution >= 4 is 5.91 Å². The van der Waals surface area contributed by atoms with Gasteiger partial charge in [-0.2, -0.15) is 0 Å². The van der Waals surface area contributed by atoms with Gasteiger partial charge in [-0.3, -0.25) is 9.69 Å². The van der Waals surface area contributed by atoms with Crippen LogP contribution in [0.1, 0.15) is 18.5 Å². The molecule has 1 aromatic rings. The molecule has 0 bridgehead atoms. The van der Waals surface area contributed by atoms with E-state index >= 15 is 0 Å². The second kappa shape index (κ2) is 7.38. The lowest BCUT2D eigenvalue weighted by molar-refractivity contribution is -0.136.